The van der Waals surface area contributed by atoms with Gasteiger partial charge in [-0.3, -0.25) is 0 Å². The zero-order valence-electron chi connectivity index (χ0n) is 15.7. The summed E-state index contributed by atoms with van der Waals surface area (Å²) in [6.07, 6.45) is 1.44. The first-order valence-corrected chi connectivity index (χ1v) is 9.04. The van der Waals surface area contributed by atoms with Gasteiger partial charge >= 0.3 is 0 Å². The molecule has 0 amide bonds. The SMILES string of the molecule is COCCOc1cc2ncnc(Oc3cccc(Cl)c3)c2cc1OCCOC. The molecule has 2 aromatic carbocycles. The Kier molecular flexibility index (Phi) is 7.25. The smallest absolute Gasteiger partial charge is 0.230 e. The van der Waals surface area contributed by atoms with E-state index in [-0.39, 0.29) is 0 Å². The van der Waals surface area contributed by atoms with Crippen LogP contribution in [0.25, 0.3) is 10.9 Å². The van der Waals surface area contributed by atoms with Crippen molar-refractivity contribution in [3.05, 3.63) is 47.7 Å². The van der Waals surface area contributed by atoms with Gasteiger partial charge in [0.1, 0.15) is 25.3 Å². The molecule has 8 heteroatoms. The van der Waals surface area contributed by atoms with Crippen molar-refractivity contribution in [1.82, 2.24) is 9.97 Å². The first-order chi connectivity index (χ1) is 13.7. The molecule has 0 aliphatic carbocycles. The van der Waals surface area contributed by atoms with Gasteiger partial charge in [-0.1, -0.05) is 17.7 Å². The molecule has 0 saturated carbocycles. The summed E-state index contributed by atoms with van der Waals surface area (Å²) in [6.45, 7) is 1.68. The van der Waals surface area contributed by atoms with E-state index >= 15 is 0 Å². The Morgan fingerprint density at radius 2 is 1.57 bits per heavy atom. The Bertz CT molecular complexity index is 922. The van der Waals surface area contributed by atoms with Crippen molar-refractivity contribution in [3.8, 4) is 23.1 Å². The quantitative estimate of drug-likeness (QED) is 0.470. The van der Waals surface area contributed by atoms with Gasteiger partial charge in [-0.2, -0.15) is 0 Å². The van der Waals surface area contributed by atoms with Gasteiger partial charge in [0.15, 0.2) is 11.5 Å². The summed E-state index contributed by atoms with van der Waals surface area (Å²) in [6, 6.07) is 10.7. The summed E-state index contributed by atoms with van der Waals surface area (Å²) >= 11 is 6.04. The molecule has 7 nitrogen and oxygen atoms in total. The van der Waals surface area contributed by atoms with Crippen LogP contribution in [0.3, 0.4) is 0 Å². The molecule has 0 bridgehead atoms. The fraction of sp³-hybridized carbons (Fsp3) is 0.300. The molecule has 0 fully saturated rings. The molecule has 3 rings (SSSR count). The van der Waals surface area contributed by atoms with Gasteiger partial charge < -0.3 is 23.7 Å². The van der Waals surface area contributed by atoms with Crippen LogP contribution < -0.4 is 14.2 Å². The molecule has 0 N–H and O–H groups in total. The number of fused-ring (bicyclic) bond motifs is 1. The molecule has 1 aromatic heterocycles. The lowest BCUT2D eigenvalue weighted by Crippen LogP contribution is -2.08. The predicted molar refractivity (Wildman–Crippen MR) is 106 cm³/mol. The molecule has 0 aliphatic rings. The minimum Gasteiger partial charge on any atom is -0.487 e. The van der Waals surface area contributed by atoms with Crippen molar-refractivity contribution in [2.24, 2.45) is 0 Å². The van der Waals surface area contributed by atoms with Gasteiger partial charge in [0.2, 0.25) is 5.88 Å². The molecule has 3 aromatic rings. The lowest BCUT2D eigenvalue weighted by atomic mass is 10.2. The van der Waals surface area contributed by atoms with E-state index in [0.717, 1.165) is 0 Å². The van der Waals surface area contributed by atoms with Crippen molar-refractivity contribution >= 4 is 22.5 Å². The van der Waals surface area contributed by atoms with E-state index in [4.69, 9.17) is 35.3 Å². The van der Waals surface area contributed by atoms with Gasteiger partial charge in [-0.25, -0.2) is 9.97 Å². The molecule has 0 aliphatic heterocycles. The van der Waals surface area contributed by atoms with Crippen LogP contribution in [0.2, 0.25) is 5.02 Å². The Morgan fingerprint density at radius 1 is 0.857 bits per heavy atom. The molecule has 1 heterocycles. The van der Waals surface area contributed by atoms with Gasteiger partial charge in [0, 0.05) is 25.3 Å². The van der Waals surface area contributed by atoms with Crippen molar-refractivity contribution in [1.29, 1.82) is 0 Å². The first kappa shape index (κ1) is 20.1. The minimum absolute atomic E-state index is 0.376. The number of nitrogens with zero attached hydrogens (tertiary/aromatic N) is 2. The van der Waals surface area contributed by atoms with E-state index in [1.807, 2.05) is 6.07 Å². The maximum absolute atomic E-state index is 6.04. The summed E-state index contributed by atoms with van der Waals surface area (Å²) in [5.41, 5.74) is 0.665. The van der Waals surface area contributed by atoms with Gasteiger partial charge in [-0.15, -0.1) is 0 Å². The topological polar surface area (TPSA) is 71.9 Å². The summed E-state index contributed by atoms with van der Waals surface area (Å²) in [5.74, 6) is 2.08. The zero-order chi connectivity index (χ0) is 19.8. The van der Waals surface area contributed by atoms with Crippen molar-refractivity contribution in [3.63, 3.8) is 0 Å². The summed E-state index contributed by atoms with van der Waals surface area (Å²) in [5, 5.41) is 1.27. The van der Waals surface area contributed by atoms with Crippen LogP contribution in [0.4, 0.5) is 0 Å². The molecule has 0 spiro atoms. The van der Waals surface area contributed by atoms with Crippen LogP contribution in [-0.2, 0) is 9.47 Å². The maximum Gasteiger partial charge on any atom is 0.230 e. The molecular weight excluding hydrogens is 384 g/mol. The predicted octanol–water partition coefficient (Wildman–Crippen LogP) is 4.13. The number of methoxy groups -OCH3 is 2. The fourth-order valence-corrected chi connectivity index (χ4v) is 2.64. The van der Waals surface area contributed by atoms with E-state index in [9.17, 15) is 0 Å². The van der Waals surface area contributed by atoms with Crippen LogP contribution in [-0.4, -0.2) is 50.6 Å². The minimum atomic E-state index is 0.376. The molecule has 148 valence electrons. The Hall–Kier alpha value is -2.61. The number of benzene rings is 2. The summed E-state index contributed by atoms with van der Waals surface area (Å²) in [4.78, 5) is 8.58. The van der Waals surface area contributed by atoms with E-state index in [1.54, 1.807) is 44.6 Å². The van der Waals surface area contributed by atoms with Gasteiger partial charge in [0.25, 0.3) is 0 Å². The van der Waals surface area contributed by atoms with Crippen LogP contribution in [0.1, 0.15) is 0 Å². The first-order valence-electron chi connectivity index (χ1n) is 8.67. The highest BCUT2D eigenvalue weighted by Gasteiger charge is 2.14. The highest BCUT2D eigenvalue weighted by molar-refractivity contribution is 6.30. The Labute approximate surface area is 168 Å². The number of halogens is 1. The lowest BCUT2D eigenvalue weighted by Gasteiger charge is -2.15. The van der Waals surface area contributed by atoms with Crippen LogP contribution in [0.5, 0.6) is 23.1 Å². The van der Waals surface area contributed by atoms with Crippen LogP contribution in [0.15, 0.2) is 42.7 Å². The second-order valence-corrected chi connectivity index (χ2v) is 6.17. The standard InChI is InChI=1S/C20H21ClN2O5/c1-24-6-8-26-18-11-16-17(12-19(18)27-9-7-25-2)22-13-23-20(16)28-15-5-3-4-14(21)10-15/h3-5,10-13H,6-9H2,1-2H3. The average molecular weight is 405 g/mol. The number of hydrogen-bond acceptors (Lipinski definition) is 7. The second-order valence-electron chi connectivity index (χ2n) is 5.74. The number of rotatable bonds is 10. The third-order valence-electron chi connectivity index (χ3n) is 3.76. The summed E-state index contributed by atoms with van der Waals surface area (Å²) < 4.78 is 27.6. The highest BCUT2D eigenvalue weighted by atomic mass is 35.5. The van der Waals surface area contributed by atoms with Crippen LogP contribution in [0, 0.1) is 0 Å². The van der Waals surface area contributed by atoms with Crippen LogP contribution >= 0.6 is 11.6 Å². The molecule has 0 saturated heterocycles. The van der Waals surface area contributed by atoms with E-state index in [0.29, 0.717) is 65.5 Å². The van der Waals surface area contributed by atoms with Crippen molar-refractivity contribution in [2.45, 2.75) is 0 Å². The zero-order valence-corrected chi connectivity index (χ0v) is 16.4. The fourth-order valence-electron chi connectivity index (χ4n) is 2.46. The maximum atomic E-state index is 6.04. The average Bonchev–Trinajstić information content (AvgIpc) is 2.69. The van der Waals surface area contributed by atoms with Crippen molar-refractivity contribution in [2.75, 3.05) is 40.6 Å². The Morgan fingerprint density at radius 3 is 2.25 bits per heavy atom. The molecule has 0 radical (unpaired) electrons. The number of aromatic nitrogens is 2. The van der Waals surface area contributed by atoms with E-state index in [2.05, 4.69) is 9.97 Å². The third kappa shape index (κ3) is 5.22. The van der Waals surface area contributed by atoms with E-state index < -0.39 is 0 Å². The normalized spacial score (nSPS) is 10.8. The molecule has 0 unspecified atom stereocenters. The second kappa shape index (κ2) is 10.1. The molecular formula is C20H21ClN2O5. The molecule has 0 atom stereocenters. The van der Waals surface area contributed by atoms with Gasteiger partial charge in [-0.05, 0) is 24.3 Å². The number of ether oxygens (including phenoxy) is 5. The summed E-state index contributed by atoms with van der Waals surface area (Å²) in [7, 11) is 3.23. The monoisotopic (exact) mass is 404 g/mol. The van der Waals surface area contributed by atoms with Gasteiger partial charge in [0.05, 0.1) is 24.1 Å². The highest BCUT2D eigenvalue weighted by Crippen LogP contribution is 2.36. The Balaban J connectivity index is 1.95. The lowest BCUT2D eigenvalue weighted by molar-refractivity contribution is 0.132. The van der Waals surface area contributed by atoms with E-state index in [1.165, 1.54) is 6.33 Å². The molecule has 28 heavy (non-hydrogen) atoms. The largest absolute Gasteiger partial charge is 0.487 e. The third-order valence-corrected chi connectivity index (χ3v) is 4.00. The number of hydrogen-bond donors (Lipinski definition) is 0. The van der Waals surface area contributed by atoms with Crippen molar-refractivity contribution < 1.29 is 23.7 Å².